The van der Waals surface area contributed by atoms with Crippen LogP contribution in [0.1, 0.15) is 20.3 Å². The topological polar surface area (TPSA) is 43.4 Å². The molecule has 62 valence electrons. The summed E-state index contributed by atoms with van der Waals surface area (Å²) in [5.74, 6) is -1.37. The van der Waals surface area contributed by atoms with Crippen molar-refractivity contribution in [1.82, 2.24) is 0 Å². The van der Waals surface area contributed by atoms with E-state index in [1.54, 1.807) is 13.0 Å². The smallest absolute Gasteiger partial charge is 0.378 e. The molecule has 3 nitrogen and oxygen atoms in total. The van der Waals surface area contributed by atoms with E-state index in [0.717, 1.165) is 6.42 Å². The number of hydrogen-bond donors (Lipinski definition) is 0. The molecule has 0 heterocycles. The Bertz CT molecular complexity index is 170. The molecule has 0 bridgehead atoms. The predicted octanol–water partition coefficient (Wildman–Crippen LogP) is 1.08. The molecule has 0 aromatic heterocycles. The molecule has 0 radical (unpaired) electrons. The lowest BCUT2D eigenvalue weighted by Crippen LogP contribution is -2.14. The van der Waals surface area contributed by atoms with Gasteiger partial charge in [0.15, 0.2) is 0 Å². The number of esters is 1. The number of carbonyl (C=O) groups excluding carboxylic acids is 2. The van der Waals surface area contributed by atoms with E-state index in [1.807, 2.05) is 6.92 Å². The van der Waals surface area contributed by atoms with Gasteiger partial charge in [0.1, 0.15) is 0 Å². The van der Waals surface area contributed by atoms with Crippen LogP contribution in [-0.2, 0) is 14.3 Å². The zero-order valence-electron chi connectivity index (χ0n) is 6.79. The van der Waals surface area contributed by atoms with Gasteiger partial charge in [0.05, 0.1) is 6.61 Å². The van der Waals surface area contributed by atoms with Gasteiger partial charge in [0, 0.05) is 0 Å². The van der Waals surface area contributed by atoms with Crippen molar-refractivity contribution >= 4 is 11.8 Å². The minimum Gasteiger partial charge on any atom is -0.460 e. The van der Waals surface area contributed by atoms with Gasteiger partial charge in [-0.1, -0.05) is 13.0 Å². The third-order valence-corrected chi connectivity index (χ3v) is 0.982. The molecule has 11 heavy (non-hydrogen) atoms. The molecule has 0 rings (SSSR count). The Morgan fingerprint density at radius 3 is 2.45 bits per heavy atom. The molecule has 0 spiro atoms. The summed E-state index contributed by atoms with van der Waals surface area (Å²) in [6.45, 7) is 3.79. The van der Waals surface area contributed by atoms with Gasteiger partial charge in [-0.3, -0.25) is 4.79 Å². The summed E-state index contributed by atoms with van der Waals surface area (Å²) >= 11 is 0. The number of hydrogen-bond acceptors (Lipinski definition) is 3. The van der Waals surface area contributed by atoms with Crippen LogP contribution in [-0.4, -0.2) is 18.4 Å². The van der Waals surface area contributed by atoms with E-state index in [-0.39, 0.29) is 6.61 Å². The lowest BCUT2D eigenvalue weighted by Gasteiger charge is -1.94. The van der Waals surface area contributed by atoms with Gasteiger partial charge in [-0.05, 0) is 19.4 Å². The quantitative estimate of drug-likeness (QED) is 0.347. The second kappa shape index (κ2) is 5.65. The molecule has 0 amide bonds. The fourth-order valence-corrected chi connectivity index (χ4v) is 0.495. The third kappa shape index (κ3) is 4.31. The van der Waals surface area contributed by atoms with Gasteiger partial charge >= 0.3 is 5.97 Å². The summed E-state index contributed by atoms with van der Waals surface area (Å²) in [5, 5.41) is 0. The second-order valence-corrected chi connectivity index (χ2v) is 1.90. The van der Waals surface area contributed by atoms with Crippen LogP contribution in [0, 0.1) is 0 Å². The summed E-state index contributed by atoms with van der Waals surface area (Å²) in [7, 11) is 0. The molecule has 0 atom stereocenters. The Kier molecular flexibility index (Phi) is 5.07. The molecule has 0 unspecified atom stereocenters. The largest absolute Gasteiger partial charge is 0.460 e. The Hall–Kier alpha value is -1.12. The third-order valence-electron chi connectivity index (χ3n) is 0.982. The minimum atomic E-state index is -0.780. The van der Waals surface area contributed by atoms with Gasteiger partial charge in [-0.15, -0.1) is 0 Å². The Labute approximate surface area is 66.0 Å². The van der Waals surface area contributed by atoms with Crippen molar-refractivity contribution in [2.45, 2.75) is 20.3 Å². The summed E-state index contributed by atoms with van der Waals surface area (Å²) in [4.78, 5) is 21.4. The fraction of sp³-hybridized carbons (Fsp3) is 0.500. The average Bonchev–Trinajstić information content (AvgIpc) is 2.00. The van der Waals surface area contributed by atoms with Crippen LogP contribution >= 0.6 is 0 Å². The summed E-state index contributed by atoms with van der Waals surface area (Å²) < 4.78 is 4.46. The first kappa shape index (κ1) is 9.88. The normalized spacial score (nSPS) is 10.0. The Morgan fingerprint density at radius 1 is 1.36 bits per heavy atom. The monoisotopic (exact) mass is 156 g/mol. The van der Waals surface area contributed by atoms with E-state index in [9.17, 15) is 9.59 Å². The number of ether oxygens (including phenoxy) is 1. The summed E-state index contributed by atoms with van der Waals surface area (Å²) in [6.07, 6.45) is 3.60. The van der Waals surface area contributed by atoms with E-state index in [0.29, 0.717) is 0 Å². The molecule has 0 aromatic rings. The van der Waals surface area contributed by atoms with Crippen LogP contribution in [0.2, 0.25) is 0 Å². The molecule has 3 heteroatoms. The van der Waals surface area contributed by atoms with Crippen LogP contribution < -0.4 is 0 Å². The first-order valence-electron chi connectivity index (χ1n) is 3.60. The molecule has 0 aliphatic rings. The molecule has 0 aliphatic heterocycles. The van der Waals surface area contributed by atoms with Crippen LogP contribution in [0.4, 0.5) is 0 Å². The highest BCUT2D eigenvalue weighted by Gasteiger charge is 2.09. The van der Waals surface area contributed by atoms with Gasteiger partial charge in [-0.2, -0.15) is 0 Å². The van der Waals surface area contributed by atoms with Gasteiger partial charge in [0.25, 0.3) is 5.78 Å². The predicted molar refractivity (Wildman–Crippen MR) is 41.1 cm³/mol. The van der Waals surface area contributed by atoms with Crippen LogP contribution in [0.5, 0.6) is 0 Å². The first-order chi connectivity index (χ1) is 5.22. The minimum absolute atomic E-state index is 0.241. The molecule has 0 aliphatic carbocycles. The number of allylic oxidation sites excluding steroid dienone is 1. The van der Waals surface area contributed by atoms with E-state index < -0.39 is 11.8 Å². The van der Waals surface area contributed by atoms with E-state index in [1.165, 1.54) is 6.08 Å². The van der Waals surface area contributed by atoms with Crippen molar-refractivity contribution in [2.75, 3.05) is 6.61 Å². The fourth-order valence-electron chi connectivity index (χ4n) is 0.495. The maximum absolute atomic E-state index is 10.7. The first-order valence-corrected chi connectivity index (χ1v) is 3.60. The number of rotatable bonds is 4. The van der Waals surface area contributed by atoms with Gasteiger partial charge in [-0.25, -0.2) is 4.79 Å². The summed E-state index contributed by atoms with van der Waals surface area (Å²) in [6, 6.07) is 0. The highest BCUT2D eigenvalue weighted by atomic mass is 16.5. The van der Waals surface area contributed by atoms with E-state index >= 15 is 0 Å². The highest BCUT2D eigenvalue weighted by Crippen LogP contribution is 1.85. The van der Waals surface area contributed by atoms with Gasteiger partial charge < -0.3 is 4.74 Å². The van der Waals surface area contributed by atoms with Crippen LogP contribution in [0.3, 0.4) is 0 Å². The maximum atomic E-state index is 10.7. The SMILES string of the molecule is CC/C=C/C(=O)C(=O)OCC. The second-order valence-electron chi connectivity index (χ2n) is 1.90. The standard InChI is InChI=1S/C8H12O3/c1-3-5-6-7(9)8(10)11-4-2/h5-6H,3-4H2,1-2H3/b6-5+. The molecular weight excluding hydrogens is 144 g/mol. The Morgan fingerprint density at radius 2 is 2.00 bits per heavy atom. The van der Waals surface area contributed by atoms with Crippen molar-refractivity contribution in [2.24, 2.45) is 0 Å². The number of carbonyl (C=O) groups is 2. The zero-order valence-corrected chi connectivity index (χ0v) is 6.79. The van der Waals surface area contributed by atoms with Crippen LogP contribution in [0.25, 0.3) is 0 Å². The van der Waals surface area contributed by atoms with E-state index in [2.05, 4.69) is 4.74 Å². The van der Waals surface area contributed by atoms with Crippen molar-refractivity contribution < 1.29 is 14.3 Å². The zero-order chi connectivity index (χ0) is 8.69. The van der Waals surface area contributed by atoms with Crippen molar-refractivity contribution in [3.05, 3.63) is 12.2 Å². The maximum Gasteiger partial charge on any atom is 0.378 e. The molecular formula is C8H12O3. The highest BCUT2D eigenvalue weighted by molar-refractivity contribution is 6.38. The average molecular weight is 156 g/mol. The van der Waals surface area contributed by atoms with Crippen molar-refractivity contribution in [3.63, 3.8) is 0 Å². The Balaban J connectivity index is 3.83. The van der Waals surface area contributed by atoms with Crippen LogP contribution in [0.15, 0.2) is 12.2 Å². The van der Waals surface area contributed by atoms with Crippen molar-refractivity contribution in [3.8, 4) is 0 Å². The van der Waals surface area contributed by atoms with E-state index in [4.69, 9.17) is 0 Å². The molecule has 0 N–H and O–H groups in total. The molecule has 0 fully saturated rings. The molecule has 0 saturated carbocycles. The van der Waals surface area contributed by atoms with Gasteiger partial charge in [0.2, 0.25) is 0 Å². The molecule has 0 aromatic carbocycles. The molecule has 0 saturated heterocycles. The summed E-state index contributed by atoms with van der Waals surface area (Å²) in [5.41, 5.74) is 0. The van der Waals surface area contributed by atoms with Crippen molar-refractivity contribution in [1.29, 1.82) is 0 Å². The lowest BCUT2D eigenvalue weighted by molar-refractivity contribution is -0.151. The lowest BCUT2D eigenvalue weighted by atomic mass is 10.3. The number of ketones is 1.